The van der Waals surface area contributed by atoms with Gasteiger partial charge in [-0.2, -0.15) is 11.8 Å². The van der Waals surface area contributed by atoms with Gasteiger partial charge in [-0.05, 0) is 44.1 Å². The summed E-state index contributed by atoms with van der Waals surface area (Å²) in [5.41, 5.74) is 2.61. The third kappa shape index (κ3) is 6.84. The van der Waals surface area contributed by atoms with Crippen molar-refractivity contribution in [2.24, 2.45) is 5.92 Å². The molecule has 1 aliphatic carbocycles. The van der Waals surface area contributed by atoms with Gasteiger partial charge in [0.25, 0.3) is 0 Å². The first-order valence-corrected chi connectivity index (χ1v) is 12.1. The van der Waals surface area contributed by atoms with Gasteiger partial charge in [-0.25, -0.2) is 0 Å². The highest BCUT2D eigenvalue weighted by Gasteiger charge is 2.45. The maximum atomic E-state index is 10.9. The van der Waals surface area contributed by atoms with E-state index in [4.69, 9.17) is 9.84 Å². The maximum absolute atomic E-state index is 10.9. The Morgan fingerprint density at radius 3 is 2.67 bits per heavy atom. The third-order valence-electron chi connectivity index (χ3n) is 6.17. The molecule has 5 nitrogen and oxygen atoms in total. The van der Waals surface area contributed by atoms with Crippen LogP contribution in [0.15, 0.2) is 36.4 Å². The largest absolute Gasteiger partial charge is 0.481 e. The van der Waals surface area contributed by atoms with Gasteiger partial charge in [0.1, 0.15) is 0 Å². The molecule has 0 amide bonds. The molecule has 0 spiro atoms. The van der Waals surface area contributed by atoms with Crippen LogP contribution in [0.5, 0.6) is 0 Å². The Labute approximate surface area is 184 Å². The number of hydrogen-bond donors (Lipinski definition) is 2. The first-order chi connectivity index (χ1) is 14.5. The van der Waals surface area contributed by atoms with Crippen LogP contribution in [0.25, 0.3) is 0 Å². The predicted octanol–water partition coefficient (Wildman–Crippen LogP) is 3.88. The topological polar surface area (TPSA) is 70.0 Å². The Morgan fingerprint density at radius 1 is 1.23 bits per heavy atom. The standard InChI is InChI=1S/C24H35NO4S/c1-18-8-10-19(11-9-18)17-30-22-16-21(26)24(25-12-14-29-15-13-25)20(22)6-4-2-3-5-7-23(27)28/h2,4,8-11,20-22,24,26H,3,5-7,12-17H2,1H3,(H,27,28). The Kier molecular flexibility index (Phi) is 9.25. The Balaban J connectivity index is 1.62. The molecule has 1 heterocycles. The van der Waals surface area contributed by atoms with E-state index in [-0.39, 0.29) is 18.6 Å². The van der Waals surface area contributed by atoms with Crippen molar-refractivity contribution in [2.75, 3.05) is 26.3 Å². The van der Waals surface area contributed by atoms with Gasteiger partial charge < -0.3 is 14.9 Å². The van der Waals surface area contributed by atoms with Crippen molar-refractivity contribution in [1.82, 2.24) is 4.90 Å². The van der Waals surface area contributed by atoms with Gasteiger partial charge in [-0.1, -0.05) is 42.0 Å². The summed E-state index contributed by atoms with van der Waals surface area (Å²) in [6.45, 7) is 5.35. The molecule has 30 heavy (non-hydrogen) atoms. The van der Waals surface area contributed by atoms with Crippen LogP contribution in [0.2, 0.25) is 0 Å². The molecule has 1 saturated carbocycles. The minimum Gasteiger partial charge on any atom is -0.481 e. The molecule has 2 aliphatic rings. The Bertz CT molecular complexity index is 687. The van der Waals surface area contributed by atoms with E-state index in [9.17, 15) is 9.90 Å². The zero-order valence-corrected chi connectivity index (χ0v) is 18.7. The molecule has 166 valence electrons. The smallest absolute Gasteiger partial charge is 0.303 e. The van der Waals surface area contributed by atoms with Crippen molar-refractivity contribution >= 4 is 17.7 Å². The number of hydrogen-bond acceptors (Lipinski definition) is 5. The number of carboxylic acid groups (broad SMARTS) is 1. The van der Waals surface area contributed by atoms with E-state index >= 15 is 0 Å². The second-order valence-electron chi connectivity index (χ2n) is 8.43. The van der Waals surface area contributed by atoms with E-state index in [2.05, 4.69) is 48.2 Å². The molecule has 1 aliphatic heterocycles. The number of aliphatic hydroxyl groups is 1. The lowest BCUT2D eigenvalue weighted by Gasteiger charge is -2.37. The Hall–Kier alpha value is -1.34. The first-order valence-electron chi connectivity index (χ1n) is 11.1. The monoisotopic (exact) mass is 433 g/mol. The number of nitrogens with zero attached hydrogens (tertiary/aromatic N) is 1. The number of morpholine rings is 1. The summed E-state index contributed by atoms with van der Waals surface area (Å²) < 4.78 is 5.53. The van der Waals surface area contributed by atoms with Crippen molar-refractivity contribution in [1.29, 1.82) is 0 Å². The van der Waals surface area contributed by atoms with E-state index in [0.717, 1.165) is 51.3 Å². The van der Waals surface area contributed by atoms with E-state index in [1.165, 1.54) is 11.1 Å². The molecule has 1 aromatic rings. The molecule has 2 fully saturated rings. The number of thioether (sulfide) groups is 1. The molecule has 0 radical (unpaired) electrons. The van der Waals surface area contributed by atoms with Gasteiger partial charge in [0.15, 0.2) is 0 Å². The normalized spacial score (nSPS) is 27.7. The van der Waals surface area contributed by atoms with Crippen LogP contribution in [0, 0.1) is 12.8 Å². The minimum absolute atomic E-state index is 0.174. The number of aliphatic carboxylic acids is 1. The number of rotatable bonds is 10. The fourth-order valence-corrected chi connectivity index (χ4v) is 6.01. The van der Waals surface area contributed by atoms with Gasteiger partial charge in [0, 0.05) is 36.6 Å². The van der Waals surface area contributed by atoms with Crippen LogP contribution in [0.4, 0.5) is 0 Å². The van der Waals surface area contributed by atoms with Crippen LogP contribution in [0.1, 0.15) is 43.2 Å². The molecule has 0 bridgehead atoms. The summed E-state index contributed by atoms with van der Waals surface area (Å²) in [6, 6.07) is 8.89. The lowest BCUT2D eigenvalue weighted by Crippen LogP contribution is -2.50. The van der Waals surface area contributed by atoms with E-state index in [1.54, 1.807) is 0 Å². The molecule has 4 unspecified atom stereocenters. The van der Waals surface area contributed by atoms with E-state index in [0.29, 0.717) is 17.6 Å². The number of allylic oxidation sites excluding steroid dienone is 2. The van der Waals surface area contributed by atoms with Crippen LogP contribution < -0.4 is 0 Å². The molecular weight excluding hydrogens is 398 g/mol. The molecule has 4 atom stereocenters. The zero-order chi connectivity index (χ0) is 21.3. The van der Waals surface area contributed by atoms with E-state index in [1.807, 2.05) is 11.8 Å². The first kappa shape index (κ1) is 23.3. The molecule has 1 aromatic carbocycles. The third-order valence-corrected chi connectivity index (χ3v) is 7.64. The number of ether oxygens (including phenoxy) is 1. The lowest BCUT2D eigenvalue weighted by molar-refractivity contribution is -0.137. The quantitative estimate of drug-likeness (QED) is 0.431. The van der Waals surface area contributed by atoms with Crippen molar-refractivity contribution in [3.8, 4) is 0 Å². The summed E-state index contributed by atoms with van der Waals surface area (Å²) in [5, 5.41) is 20.1. The number of carboxylic acids is 1. The fourth-order valence-electron chi connectivity index (χ4n) is 4.56. The van der Waals surface area contributed by atoms with Crippen molar-refractivity contribution in [3.05, 3.63) is 47.5 Å². The van der Waals surface area contributed by atoms with Crippen molar-refractivity contribution in [3.63, 3.8) is 0 Å². The average molecular weight is 434 g/mol. The predicted molar refractivity (Wildman–Crippen MR) is 122 cm³/mol. The van der Waals surface area contributed by atoms with Crippen LogP contribution in [-0.4, -0.2) is 64.8 Å². The van der Waals surface area contributed by atoms with Crippen LogP contribution >= 0.6 is 11.8 Å². The SMILES string of the molecule is Cc1ccc(CSC2CC(O)C(N3CCOCC3)C2CC=CCCCC(=O)O)cc1. The van der Waals surface area contributed by atoms with Crippen LogP contribution in [0.3, 0.4) is 0 Å². The summed E-state index contributed by atoms with van der Waals surface area (Å²) in [5.74, 6) is 0.623. The van der Waals surface area contributed by atoms with Crippen LogP contribution in [-0.2, 0) is 15.3 Å². The van der Waals surface area contributed by atoms with Crippen molar-refractivity contribution in [2.45, 2.75) is 62.2 Å². The number of aryl methyl sites for hydroxylation is 1. The summed E-state index contributed by atoms with van der Waals surface area (Å²) in [4.78, 5) is 13.1. The highest BCUT2D eigenvalue weighted by atomic mass is 32.2. The van der Waals surface area contributed by atoms with Gasteiger partial charge >= 0.3 is 5.97 Å². The van der Waals surface area contributed by atoms with Gasteiger partial charge in [-0.15, -0.1) is 0 Å². The summed E-state index contributed by atoms with van der Waals surface area (Å²) >= 11 is 1.97. The number of unbranched alkanes of at least 4 members (excludes halogenated alkanes) is 1. The number of carbonyl (C=O) groups is 1. The lowest BCUT2D eigenvalue weighted by atomic mass is 9.96. The minimum atomic E-state index is -0.734. The number of aliphatic hydroxyl groups excluding tert-OH is 1. The molecule has 0 aromatic heterocycles. The highest BCUT2D eigenvalue weighted by Crippen LogP contribution is 2.41. The summed E-state index contributed by atoms with van der Waals surface area (Å²) in [7, 11) is 0. The fraction of sp³-hybridized carbons (Fsp3) is 0.625. The maximum Gasteiger partial charge on any atom is 0.303 e. The zero-order valence-electron chi connectivity index (χ0n) is 17.9. The van der Waals surface area contributed by atoms with E-state index < -0.39 is 5.97 Å². The molecule has 3 rings (SSSR count). The molecule has 6 heteroatoms. The number of benzene rings is 1. The Morgan fingerprint density at radius 2 is 1.97 bits per heavy atom. The van der Waals surface area contributed by atoms with Gasteiger partial charge in [0.05, 0.1) is 19.3 Å². The second-order valence-corrected chi connectivity index (χ2v) is 9.66. The average Bonchev–Trinajstić information content (AvgIpc) is 3.05. The second kappa shape index (κ2) is 11.9. The van der Waals surface area contributed by atoms with Gasteiger partial charge in [-0.3, -0.25) is 9.69 Å². The highest BCUT2D eigenvalue weighted by molar-refractivity contribution is 7.99. The molecule has 1 saturated heterocycles. The molecular formula is C24H35NO4S. The summed E-state index contributed by atoms with van der Waals surface area (Å²) in [6.07, 6.45) is 7.47. The van der Waals surface area contributed by atoms with Crippen molar-refractivity contribution < 1.29 is 19.7 Å². The van der Waals surface area contributed by atoms with Gasteiger partial charge in [0.2, 0.25) is 0 Å². The molecule has 2 N–H and O–H groups in total.